The van der Waals surface area contributed by atoms with Crippen LogP contribution in [0.1, 0.15) is 58.1 Å². The standard InChI is InChI=1S/C16H28N4.Y/c1-4-6-7-20-10-16(19-12-20)13(3)8-14(5-2)15-9-17-11-18-15;/h10-15H,4-9H2,1-3H3,(H,17,18);. The minimum absolute atomic E-state index is 0. The van der Waals surface area contributed by atoms with E-state index in [2.05, 4.69) is 46.8 Å². The third kappa shape index (κ3) is 5.48. The van der Waals surface area contributed by atoms with Gasteiger partial charge in [-0.05, 0) is 18.8 Å². The number of nitrogens with one attached hydrogen (secondary N) is 1. The van der Waals surface area contributed by atoms with Gasteiger partial charge in [0.2, 0.25) is 0 Å². The summed E-state index contributed by atoms with van der Waals surface area (Å²) in [6.45, 7) is 8.81. The van der Waals surface area contributed by atoms with Crippen molar-refractivity contribution in [3.8, 4) is 0 Å². The van der Waals surface area contributed by atoms with Crippen molar-refractivity contribution in [3.05, 3.63) is 18.2 Å². The van der Waals surface area contributed by atoms with Crippen molar-refractivity contribution in [2.75, 3.05) is 6.54 Å². The Kier molecular flexibility index (Phi) is 8.73. The van der Waals surface area contributed by atoms with E-state index >= 15 is 0 Å². The van der Waals surface area contributed by atoms with Gasteiger partial charge in [-0.1, -0.05) is 33.6 Å². The van der Waals surface area contributed by atoms with Crippen molar-refractivity contribution in [2.24, 2.45) is 10.9 Å². The quantitative estimate of drug-likeness (QED) is 0.769. The number of hydrogen-bond donors (Lipinski definition) is 1. The molecular weight excluding hydrogens is 337 g/mol. The largest absolute Gasteiger partial charge is 0.372 e. The second-order valence-corrected chi connectivity index (χ2v) is 5.96. The van der Waals surface area contributed by atoms with Gasteiger partial charge in [0.15, 0.2) is 0 Å². The average molecular weight is 365 g/mol. The van der Waals surface area contributed by atoms with Crippen molar-refractivity contribution >= 4 is 6.34 Å². The molecule has 3 unspecified atom stereocenters. The van der Waals surface area contributed by atoms with Crippen molar-refractivity contribution in [3.63, 3.8) is 0 Å². The van der Waals surface area contributed by atoms with Crippen LogP contribution in [0.2, 0.25) is 0 Å². The molecule has 0 aromatic carbocycles. The first-order chi connectivity index (χ1) is 9.74. The summed E-state index contributed by atoms with van der Waals surface area (Å²) in [7, 11) is 0. The summed E-state index contributed by atoms with van der Waals surface area (Å²) in [5, 5.41) is 3.38. The van der Waals surface area contributed by atoms with Gasteiger partial charge in [0.1, 0.15) is 0 Å². The molecule has 0 bridgehead atoms. The fraction of sp³-hybridized carbons (Fsp3) is 0.750. The van der Waals surface area contributed by atoms with Crippen LogP contribution in [0.3, 0.4) is 0 Å². The molecule has 0 saturated carbocycles. The summed E-state index contributed by atoms with van der Waals surface area (Å²) in [6.07, 6.45) is 10.9. The smallest absolute Gasteiger partial charge is 0.0949 e. The zero-order valence-corrected chi connectivity index (χ0v) is 16.5. The Morgan fingerprint density at radius 2 is 2.24 bits per heavy atom. The van der Waals surface area contributed by atoms with Gasteiger partial charge in [0.25, 0.3) is 0 Å². The van der Waals surface area contributed by atoms with Gasteiger partial charge in [-0.3, -0.25) is 4.99 Å². The molecule has 3 atom stereocenters. The molecule has 21 heavy (non-hydrogen) atoms. The molecule has 4 nitrogen and oxygen atoms in total. The van der Waals surface area contributed by atoms with E-state index < -0.39 is 0 Å². The molecule has 0 amide bonds. The fourth-order valence-electron chi connectivity index (χ4n) is 2.94. The molecule has 0 fully saturated rings. The van der Waals surface area contributed by atoms with Gasteiger partial charge in [-0.2, -0.15) is 0 Å². The van der Waals surface area contributed by atoms with Crippen molar-refractivity contribution in [1.29, 1.82) is 0 Å². The van der Waals surface area contributed by atoms with Gasteiger partial charge in [-0.15, -0.1) is 0 Å². The number of rotatable bonds is 8. The predicted octanol–water partition coefficient (Wildman–Crippen LogP) is 3.20. The Morgan fingerprint density at radius 1 is 1.43 bits per heavy atom. The zero-order chi connectivity index (χ0) is 14.4. The number of nitrogens with zero attached hydrogens (tertiary/aromatic N) is 3. The fourth-order valence-corrected chi connectivity index (χ4v) is 2.94. The monoisotopic (exact) mass is 365 g/mol. The Hall–Kier alpha value is -0.216. The molecule has 1 N–H and O–H groups in total. The molecule has 5 heteroatoms. The van der Waals surface area contributed by atoms with E-state index in [0.29, 0.717) is 17.9 Å². The Balaban J connectivity index is 0.00000220. The van der Waals surface area contributed by atoms with Gasteiger partial charge >= 0.3 is 0 Å². The van der Waals surface area contributed by atoms with Gasteiger partial charge in [0, 0.05) is 57.4 Å². The van der Waals surface area contributed by atoms with E-state index in [1.165, 1.54) is 31.4 Å². The minimum atomic E-state index is 0. The van der Waals surface area contributed by atoms with Crippen LogP contribution < -0.4 is 5.32 Å². The first kappa shape index (κ1) is 18.8. The molecule has 1 aromatic heterocycles. The molecule has 0 aliphatic carbocycles. The first-order valence-corrected chi connectivity index (χ1v) is 8.00. The van der Waals surface area contributed by atoms with Crippen molar-refractivity contribution in [1.82, 2.24) is 14.9 Å². The number of imidazole rings is 1. The van der Waals surface area contributed by atoms with Crippen LogP contribution in [0.25, 0.3) is 0 Å². The van der Waals surface area contributed by atoms with E-state index in [1.54, 1.807) is 0 Å². The predicted molar refractivity (Wildman–Crippen MR) is 84.2 cm³/mol. The maximum atomic E-state index is 4.59. The summed E-state index contributed by atoms with van der Waals surface area (Å²) in [6, 6.07) is 0.518. The molecule has 1 aliphatic rings. The van der Waals surface area contributed by atoms with Gasteiger partial charge in [-0.25, -0.2) is 4.98 Å². The molecule has 0 saturated heterocycles. The summed E-state index contributed by atoms with van der Waals surface area (Å²) >= 11 is 0. The van der Waals surface area contributed by atoms with Crippen LogP contribution in [-0.2, 0) is 39.3 Å². The second kappa shape index (κ2) is 9.73. The second-order valence-electron chi connectivity index (χ2n) is 5.96. The summed E-state index contributed by atoms with van der Waals surface area (Å²) < 4.78 is 2.23. The van der Waals surface area contributed by atoms with Crippen LogP contribution >= 0.6 is 0 Å². The normalized spacial score (nSPS) is 19.9. The molecule has 2 rings (SSSR count). The van der Waals surface area contributed by atoms with Gasteiger partial charge < -0.3 is 9.88 Å². The average Bonchev–Trinajstić information content (AvgIpc) is 3.13. The van der Waals surface area contributed by atoms with Crippen LogP contribution in [0.5, 0.6) is 0 Å². The minimum Gasteiger partial charge on any atom is -0.372 e. The van der Waals surface area contributed by atoms with Gasteiger partial charge in [0.05, 0.1) is 24.9 Å². The molecular formula is C16H28N4Y. The SMILES string of the molecule is CCCCn1cnc(C(C)CC(CC)C2CN=CN2)c1.[Y]. The van der Waals surface area contributed by atoms with Crippen LogP contribution in [0.4, 0.5) is 0 Å². The molecule has 1 aromatic rings. The topological polar surface area (TPSA) is 42.2 Å². The summed E-state index contributed by atoms with van der Waals surface area (Å²) in [5.41, 5.74) is 1.23. The Labute approximate surface area is 154 Å². The van der Waals surface area contributed by atoms with Crippen molar-refractivity contribution in [2.45, 2.75) is 65.0 Å². The van der Waals surface area contributed by atoms with E-state index in [9.17, 15) is 0 Å². The number of aromatic nitrogens is 2. The molecule has 115 valence electrons. The first-order valence-electron chi connectivity index (χ1n) is 8.00. The molecule has 0 spiro atoms. The summed E-state index contributed by atoms with van der Waals surface area (Å²) in [4.78, 5) is 8.89. The molecule has 1 radical (unpaired) electrons. The van der Waals surface area contributed by atoms with Crippen molar-refractivity contribution < 1.29 is 32.7 Å². The van der Waals surface area contributed by atoms with E-state index in [-0.39, 0.29) is 32.7 Å². The van der Waals surface area contributed by atoms with E-state index in [4.69, 9.17) is 0 Å². The van der Waals surface area contributed by atoms with E-state index in [1.807, 2.05) is 12.7 Å². The van der Waals surface area contributed by atoms with Crippen LogP contribution in [0, 0.1) is 5.92 Å². The zero-order valence-electron chi connectivity index (χ0n) is 13.6. The number of unbranched alkanes of at least 4 members (excludes halogenated alkanes) is 1. The third-order valence-corrected chi connectivity index (χ3v) is 4.36. The maximum Gasteiger partial charge on any atom is 0.0949 e. The van der Waals surface area contributed by atoms with Crippen LogP contribution in [-0.4, -0.2) is 28.5 Å². The third-order valence-electron chi connectivity index (χ3n) is 4.36. The number of aryl methyl sites for hydroxylation is 1. The van der Waals surface area contributed by atoms with E-state index in [0.717, 1.165) is 13.1 Å². The Morgan fingerprint density at radius 3 is 2.86 bits per heavy atom. The summed E-state index contributed by atoms with van der Waals surface area (Å²) in [5.74, 6) is 1.19. The maximum absolute atomic E-state index is 4.59. The molecule has 1 aliphatic heterocycles. The molecule has 2 heterocycles. The van der Waals surface area contributed by atoms with Crippen LogP contribution in [0.15, 0.2) is 17.5 Å². The number of aliphatic imine (C=N–C) groups is 1. The Bertz CT molecular complexity index is 422. The number of hydrogen-bond acceptors (Lipinski definition) is 3.